The molecule has 0 aliphatic rings. The second-order valence-corrected chi connectivity index (χ2v) is 3.94. The number of hydrogen-bond donors (Lipinski definition) is 1. The van der Waals surface area contributed by atoms with Crippen LogP contribution in [0.4, 0.5) is 5.69 Å². The van der Waals surface area contributed by atoms with Gasteiger partial charge in [-0.25, -0.2) is 0 Å². The summed E-state index contributed by atoms with van der Waals surface area (Å²) in [5.74, 6) is 1.64. The number of hydrogen-bond acceptors (Lipinski definition) is 2. The van der Waals surface area contributed by atoms with E-state index in [1.165, 1.54) is 5.56 Å². The molecule has 0 aliphatic carbocycles. The largest absolute Gasteiger partial charge is 0.457 e. The molecule has 0 unspecified atom stereocenters. The van der Waals surface area contributed by atoms with Gasteiger partial charge in [-0.3, -0.25) is 0 Å². The van der Waals surface area contributed by atoms with Gasteiger partial charge in [-0.1, -0.05) is 23.8 Å². The van der Waals surface area contributed by atoms with Crippen molar-refractivity contribution in [2.45, 2.75) is 13.8 Å². The predicted octanol–water partition coefficient (Wildman–Crippen LogP) is 3.68. The summed E-state index contributed by atoms with van der Waals surface area (Å²) < 4.78 is 5.76. The molecule has 0 radical (unpaired) electrons. The fourth-order valence-corrected chi connectivity index (χ4v) is 1.46. The number of ether oxygens (including phenoxy) is 1. The molecule has 0 amide bonds. The molecule has 0 bridgehead atoms. The highest BCUT2D eigenvalue weighted by Crippen LogP contribution is 2.26. The molecule has 0 atom stereocenters. The van der Waals surface area contributed by atoms with E-state index in [9.17, 15) is 0 Å². The Morgan fingerprint density at radius 3 is 2.31 bits per heavy atom. The second-order valence-electron chi connectivity index (χ2n) is 3.94. The first-order valence-electron chi connectivity index (χ1n) is 5.26. The van der Waals surface area contributed by atoms with Crippen molar-refractivity contribution in [3.8, 4) is 11.5 Å². The van der Waals surface area contributed by atoms with Crippen LogP contribution < -0.4 is 10.5 Å². The highest BCUT2D eigenvalue weighted by Gasteiger charge is 2.01. The summed E-state index contributed by atoms with van der Waals surface area (Å²) in [6, 6.07) is 13.6. The summed E-state index contributed by atoms with van der Waals surface area (Å²) in [4.78, 5) is 0. The van der Waals surface area contributed by atoms with Crippen molar-refractivity contribution in [1.82, 2.24) is 0 Å². The van der Waals surface area contributed by atoms with Crippen LogP contribution in [0, 0.1) is 13.8 Å². The predicted molar refractivity (Wildman–Crippen MR) is 66.8 cm³/mol. The van der Waals surface area contributed by atoms with E-state index >= 15 is 0 Å². The van der Waals surface area contributed by atoms with Crippen LogP contribution in [0.3, 0.4) is 0 Å². The smallest absolute Gasteiger partial charge is 0.132 e. The Morgan fingerprint density at radius 1 is 0.938 bits per heavy atom. The standard InChI is InChI=1S/C14H15NO/c1-10-3-7-13(8-4-10)16-14-9-12(15)6-5-11(14)2/h3-9H,15H2,1-2H3. The lowest BCUT2D eigenvalue weighted by Gasteiger charge is -2.09. The van der Waals surface area contributed by atoms with E-state index in [-0.39, 0.29) is 0 Å². The van der Waals surface area contributed by atoms with Gasteiger partial charge in [0.25, 0.3) is 0 Å². The van der Waals surface area contributed by atoms with Crippen molar-refractivity contribution in [1.29, 1.82) is 0 Å². The fraction of sp³-hybridized carbons (Fsp3) is 0.143. The molecule has 0 saturated heterocycles. The number of aryl methyl sites for hydroxylation is 2. The summed E-state index contributed by atoms with van der Waals surface area (Å²) in [7, 11) is 0. The van der Waals surface area contributed by atoms with Crippen molar-refractivity contribution < 1.29 is 4.74 Å². The minimum atomic E-state index is 0.715. The first-order valence-corrected chi connectivity index (χ1v) is 5.26. The summed E-state index contributed by atoms with van der Waals surface area (Å²) in [6.45, 7) is 4.05. The molecule has 0 aliphatic heterocycles. The average Bonchev–Trinajstić information content (AvgIpc) is 2.27. The Balaban J connectivity index is 2.26. The zero-order valence-electron chi connectivity index (χ0n) is 9.53. The molecule has 0 heterocycles. The molecule has 2 rings (SSSR count). The number of nitrogens with two attached hydrogens (primary N) is 1. The SMILES string of the molecule is Cc1ccc(Oc2cc(N)ccc2C)cc1. The van der Waals surface area contributed by atoms with Crippen LogP contribution in [0.1, 0.15) is 11.1 Å². The van der Waals surface area contributed by atoms with E-state index in [1.54, 1.807) is 0 Å². The molecule has 2 heteroatoms. The third kappa shape index (κ3) is 2.34. The molecule has 0 fully saturated rings. The van der Waals surface area contributed by atoms with E-state index in [4.69, 9.17) is 10.5 Å². The topological polar surface area (TPSA) is 35.2 Å². The van der Waals surface area contributed by atoms with Crippen molar-refractivity contribution in [3.05, 3.63) is 53.6 Å². The highest BCUT2D eigenvalue weighted by atomic mass is 16.5. The van der Waals surface area contributed by atoms with Crippen LogP contribution in [0.2, 0.25) is 0 Å². The molecule has 82 valence electrons. The molecular formula is C14H15NO. The third-order valence-electron chi connectivity index (χ3n) is 2.46. The minimum absolute atomic E-state index is 0.715. The third-order valence-corrected chi connectivity index (χ3v) is 2.46. The lowest BCUT2D eigenvalue weighted by Crippen LogP contribution is -1.90. The normalized spacial score (nSPS) is 10.1. The van der Waals surface area contributed by atoms with E-state index in [0.29, 0.717) is 5.69 Å². The fourth-order valence-electron chi connectivity index (χ4n) is 1.46. The van der Waals surface area contributed by atoms with Gasteiger partial charge in [0.2, 0.25) is 0 Å². The first kappa shape index (κ1) is 10.6. The summed E-state index contributed by atoms with van der Waals surface area (Å²) in [5.41, 5.74) is 8.74. The summed E-state index contributed by atoms with van der Waals surface area (Å²) >= 11 is 0. The van der Waals surface area contributed by atoms with E-state index in [2.05, 4.69) is 6.92 Å². The Morgan fingerprint density at radius 2 is 1.62 bits per heavy atom. The first-order chi connectivity index (χ1) is 7.65. The maximum atomic E-state index is 5.76. The molecule has 2 aromatic rings. The van der Waals surface area contributed by atoms with Gasteiger partial charge in [-0.05, 0) is 37.6 Å². The van der Waals surface area contributed by atoms with Crippen LogP contribution in [-0.4, -0.2) is 0 Å². The van der Waals surface area contributed by atoms with Crippen molar-refractivity contribution in [2.24, 2.45) is 0 Å². The Hall–Kier alpha value is -1.96. The highest BCUT2D eigenvalue weighted by molar-refractivity contribution is 5.49. The van der Waals surface area contributed by atoms with Crippen molar-refractivity contribution in [2.75, 3.05) is 5.73 Å². The molecular weight excluding hydrogens is 198 g/mol. The zero-order valence-corrected chi connectivity index (χ0v) is 9.53. The van der Waals surface area contributed by atoms with Crippen LogP contribution >= 0.6 is 0 Å². The van der Waals surface area contributed by atoms with Gasteiger partial charge in [0, 0.05) is 11.8 Å². The van der Waals surface area contributed by atoms with Crippen LogP contribution in [-0.2, 0) is 0 Å². The number of anilines is 1. The summed E-state index contributed by atoms with van der Waals surface area (Å²) in [5, 5.41) is 0. The van der Waals surface area contributed by atoms with Gasteiger partial charge in [-0.15, -0.1) is 0 Å². The molecule has 2 N–H and O–H groups in total. The number of benzene rings is 2. The Labute approximate surface area is 95.7 Å². The molecule has 0 saturated carbocycles. The molecule has 16 heavy (non-hydrogen) atoms. The minimum Gasteiger partial charge on any atom is -0.457 e. The van der Waals surface area contributed by atoms with Gasteiger partial charge < -0.3 is 10.5 Å². The Bertz CT molecular complexity index is 489. The lowest BCUT2D eigenvalue weighted by molar-refractivity contribution is 0.479. The maximum Gasteiger partial charge on any atom is 0.132 e. The van der Waals surface area contributed by atoms with E-state index in [1.807, 2.05) is 49.4 Å². The zero-order chi connectivity index (χ0) is 11.5. The maximum absolute atomic E-state index is 5.76. The van der Waals surface area contributed by atoms with Gasteiger partial charge in [0.05, 0.1) is 0 Å². The van der Waals surface area contributed by atoms with Gasteiger partial charge in [-0.2, -0.15) is 0 Å². The van der Waals surface area contributed by atoms with Gasteiger partial charge >= 0.3 is 0 Å². The molecule has 0 spiro atoms. The molecule has 2 aromatic carbocycles. The lowest BCUT2D eigenvalue weighted by atomic mass is 10.2. The van der Waals surface area contributed by atoms with Crippen molar-refractivity contribution >= 4 is 5.69 Å². The Kier molecular flexibility index (Phi) is 2.82. The van der Waals surface area contributed by atoms with E-state index in [0.717, 1.165) is 17.1 Å². The van der Waals surface area contributed by atoms with Crippen LogP contribution in [0.15, 0.2) is 42.5 Å². The number of nitrogen functional groups attached to an aromatic ring is 1. The van der Waals surface area contributed by atoms with Gasteiger partial charge in [0.1, 0.15) is 11.5 Å². The van der Waals surface area contributed by atoms with Crippen molar-refractivity contribution in [3.63, 3.8) is 0 Å². The number of rotatable bonds is 2. The molecule has 0 aromatic heterocycles. The second kappa shape index (κ2) is 4.27. The average molecular weight is 213 g/mol. The van der Waals surface area contributed by atoms with Crippen LogP contribution in [0.25, 0.3) is 0 Å². The van der Waals surface area contributed by atoms with Crippen LogP contribution in [0.5, 0.6) is 11.5 Å². The monoisotopic (exact) mass is 213 g/mol. The quantitative estimate of drug-likeness (QED) is 0.772. The summed E-state index contributed by atoms with van der Waals surface area (Å²) in [6.07, 6.45) is 0. The van der Waals surface area contributed by atoms with E-state index < -0.39 is 0 Å². The van der Waals surface area contributed by atoms with Gasteiger partial charge in [0.15, 0.2) is 0 Å². The molecule has 2 nitrogen and oxygen atoms in total.